The van der Waals surface area contributed by atoms with Gasteiger partial charge in [-0.25, -0.2) is 0 Å². The van der Waals surface area contributed by atoms with Gasteiger partial charge in [0.1, 0.15) is 0 Å². The average molecular weight is 252 g/mol. The van der Waals surface area contributed by atoms with Crippen LogP contribution >= 0.6 is 0 Å². The van der Waals surface area contributed by atoms with Gasteiger partial charge in [0.25, 0.3) is 0 Å². The first-order valence-corrected chi connectivity index (χ1v) is 7.83. The molecule has 2 saturated carbocycles. The zero-order chi connectivity index (χ0) is 12.6. The van der Waals surface area contributed by atoms with Crippen molar-refractivity contribution in [2.75, 3.05) is 19.7 Å². The van der Waals surface area contributed by atoms with Crippen LogP contribution in [0, 0.1) is 5.92 Å². The van der Waals surface area contributed by atoms with Crippen LogP contribution in [0.3, 0.4) is 0 Å². The molecule has 104 valence electrons. The van der Waals surface area contributed by atoms with Crippen molar-refractivity contribution in [1.29, 1.82) is 0 Å². The minimum absolute atomic E-state index is 0.295. The van der Waals surface area contributed by atoms with E-state index in [1.54, 1.807) is 0 Å². The molecule has 0 aromatic rings. The maximum Gasteiger partial charge on any atom is 0.0731 e. The van der Waals surface area contributed by atoms with Crippen molar-refractivity contribution in [1.82, 2.24) is 4.90 Å². The molecule has 0 radical (unpaired) electrons. The lowest BCUT2D eigenvalue weighted by atomic mass is 9.84. The summed E-state index contributed by atoms with van der Waals surface area (Å²) in [6.07, 6.45) is 9.75. The van der Waals surface area contributed by atoms with Gasteiger partial charge in [0, 0.05) is 24.7 Å². The van der Waals surface area contributed by atoms with Crippen molar-refractivity contribution in [2.24, 2.45) is 11.7 Å². The summed E-state index contributed by atoms with van der Waals surface area (Å²) in [7, 11) is 0. The van der Waals surface area contributed by atoms with Crippen molar-refractivity contribution in [2.45, 2.75) is 69.6 Å². The molecule has 2 aliphatic carbocycles. The second kappa shape index (κ2) is 5.10. The molecule has 0 aromatic carbocycles. The molecule has 4 unspecified atom stereocenters. The third-order valence-corrected chi connectivity index (χ3v) is 5.55. The highest BCUT2D eigenvalue weighted by molar-refractivity contribution is 5.03. The molecular weight excluding hydrogens is 224 g/mol. The Bertz CT molecular complexity index is 294. The molecule has 3 nitrogen and oxygen atoms in total. The lowest BCUT2D eigenvalue weighted by Crippen LogP contribution is -2.63. The minimum Gasteiger partial charge on any atom is -0.375 e. The number of hydrogen-bond donors (Lipinski definition) is 1. The molecule has 1 saturated heterocycles. The Morgan fingerprint density at radius 2 is 2.11 bits per heavy atom. The van der Waals surface area contributed by atoms with E-state index in [1.807, 2.05) is 0 Å². The Balaban J connectivity index is 1.80. The third kappa shape index (κ3) is 2.10. The lowest BCUT2D eigenvalue weighted by molar-refractivity contribution is -0.124. The van der Waals surface area contributed by atoms with Crippen LogP contribution in [0.2, 0.25) is 0 Å². The first-order valence-electron chi connectivity index (χ1n) is 7.83. The fourth-order valence-electron chi connectivity index (χ4n) is 4.62. The van der Waals surface area contributed by atoms with Crippen LogP contribution in [0.5, 0.6) is 0 Å². The first-order chi connectivity index (χ1) is 8.75. The van der Waals surface area contributed by atoms with E-state index in [2.05, 4.69) is 11.8 Å². The van der Waals surface area contributed by atoms with Gasteiger partial charge < -0.3 is 10.5 Å². The standard InChI is InChI=1S/C15H28N2O/c1-12-6-7-15(10-12,11-16)17-8-9-18-14-5-3-2-4-13(14)17/h12-14H,2-11,16H2,1H3. The van der Waals surface area contributed by atoms with Crippen LogP contribution in [-0.2, 0) is 4.74 Å². The van der Waals surface area contributed by atoms with Gasteiger partial charge in [0.05, 0.1) is 12.7 Å². The lowest BCUT2D eigenvalue weighted by Gasteiger charge is -2.52. The van der Waals surface area contributed by atoms with Crippen molar-refractivity contribution in [3.05, 3.63) is 0 Å². The normalized spacial score (nSPS) is 46.0. The highest BCUT2D eigenvalue weighted by Gasteiger charge is 2.47. The topological polar surface area (TPSA) is 38.5 Å². The van der Waals surface area contributed by atoms with Gasteiger partial charge in [-0.15, -0.1) is 0 Å². The van der Waals surface area contributed by atoms with Crippen LogP contribution in [0.4, 0.5) is 0 Å². The summed E-state index contributed by atoms with van der Waals surface area (Å²) in [5.74, 6) is 0.846. The van der Waals surface area contributed by atoms with Gasteiger partial charge in [-0.1, -0.05) is 19.8 Å². The second-order valence-electron chi connectivity index (χ2n) is 6.73. The fourth-order valence-corrected chi connectivity index (χ4v) is 4.62. The molecule has 0 spiro atoms. The molecule has 1 heterocycles. The highest BCUT2D eigenvalue weighted by atomic mass is 16.5. The van der Waals surface area contributed by atoms with E-state index in [-0.39, 0.29) is 0 Å². The quantitative estimate of drug-likeness (QED) is 0.818. The van der Waals surface area contributed by atoms with E-state index < -0.39 is 0 Å². The van der Waals surface area contributed by atoms with E-state index in [9.17, 15) is 0 Å². The molecule has 1 aliphatic heterocycles. The monoisotopic (exact) mass is 252 g/mol. The third-order valence-electron chi connectivity index (χ3n) is 5.55. The number of morpholine rings is 1. The molecule has 0 aromatic heterocycles. The van der Waals surface area contributed by atoms with Crippen molar-refractivity contribution in [3.8, 4) is 0 Å². The molecule has 3 aliphatic rings. The maximum atomic E-state index is 6.20. The van der Waals surface area contributed by atoms with E-state index in [4.69, 9.17) is 10.5 Å². The van der Waals surface area contributed by atoms with Crippen molar-refractivity contribution < 1.29 is 4.74 Å². The summed E-state index contributed by atoms with van der Waals surface area (Å²) in [6, 6.07) is 0.654. The Morgan fingerprint density at radius 1 is 1.28 bits per heavy atom. The summed E-state index contributed by atoms with van der Waals surface area (Å²) in [6.45, 7) is 5.24. The Kier molecular flexibility index (Phi) is 3.65. The number of hydrogen-bond acceptors (Lipinski definition) is 3. The van der Waals surface area contributed by atoms with E-state index in [0.29, 0.717) is 17.7 Å². The predicted molar refractivity (Wildman–Crippen MR) is 73.5 cm³/mol. The van der Waals surface area contributed by atoms with Crippen molar-refractivity contribution in [3.63, 3.8) is 0 Å². The van der Waals surface area contributed by atoms with E-state index in [1.165, 1.54) is 44.9 Å². The molecular formula is C15H28N2O. The van der Waals surface area contributed by atoms with Crippen LogP contribution in [0.25, 0.3) is 0 Å². The Morgan fingerprint density at radius 3 is 2.83 bits per heavy atom. The fraction of sp³-hybridized carbons (Fsp3) is 1.00. The number of ether oxygens (including phenoxy) is 1. The van der Waals surface area contributed by atoms with Gasteiger partial charge in [-0.05, 0) is 38.0 Å². The zero-order valence-corrected chi connectivity index (χ0v) is 11.7. The molecule has 0 amide bonds. The molecule has 3 fully saturated rings. The van der Waals surface area contributed by atoms with E-state index in [0.717, 1.165) is 25.6 Å². The van der Waals surface area contributed by atoms with Crippen LogP contribution < -0.4 is 5.73 Å². The van der Waals surface area contributed by atoms with Crippen molar-refractivity contribution >= 4 is 0 Å². The average Bonchev–Trinajstić information content (AvgIpc) is 2.81. The highest BCUT2D eigenvalue weighted by Crippen LogP contribution is 2.42. The van der Waals surface area contributed by atoms with Crippen LogP contribution in [-0.4, -0.2) is 42.3 Å². The summed E-state index contributed by atoms with van der Waals surface area (Å²) in [5.41, 5.74) is 6.50. The number of fused-ring (bicyclic) bond motifs is 1. The molecule has 0 bridgehead atoms. The maximum absolute atomic E-state index is 6.20. The SMILES string of the molecule is CC1CCC(CN)(N2CCOC3CCCCC32)C1. The molecule has 18 heavy (non-hydrogen) atoms. The number of nitrogens with zero attached hydrogens (tertiary/aromatic N) is 1. The van der Waals surface area contributed by atoms with Crippen LogP contribution in [0.15, 0.2) is 0 Å². The van der Waals surface area contributed by atoms with Gasteiger partial charge in [-0.3, -0.25) is 4.90 Å². The molecule has 2 N–H and O–H groups in total. The van der Waals surface area contributed by atoms with Gasteiger partial charge >= 0.3 is 0 Å². The smallest absolute Gasteiger partial charge is 0.0731 e. The summed E-state index contributed by atoms with van der Waals surface area (Å²) in [4.78, 5) is 2.77. The Labute approximate surface area is 111 Å². The summed E-state index contributed by atoms with van der Waals surface area (Å²) < 4.78 is 6.01. The number of nitrogens with two attached hydrogens (primary N) is 1. The predicted octanol–water partition coefficient (Wildman–Crippen LogP) is 2.15. The number of rotatable bonds is 2. The molecule has 4 atom stereocenters. The summed E-state index contributed by atoms with van der Waals surface area (Å²) >= 11 is 0. The second-order valence-corrected chi connectivity index (χ2v) is 6.73. The van der Waals surface area contributed by atoms with E-state index >= 15 is 0 Å². The largest absolute Gasteiger partial charge is 0.375 e. The zero-order valence-electron chi connectivity index (χ0n) is 11.7. The summed E-state index contributed by atoms with van der Waals surface area (Å²) in [5, 5.41) is 0. The van der Waals surface area contributed by atoms with Gasteiger partial charge in [0.2, 0.25) is 0 Å². The van der Waals surface area contributed by atoms with Gasteiger partial charge in [0.15, 0.2) is 0 Å². The molecule has 3 heteroatoms. The van der Waals surface area contributed by atoms with Crippen LogP contribution in [0.1, 0.15) is 51.9 Å². The minimum atomic E-state index is 0.295. The first kappa shape index (κ1) is 12.9. The Hall–Kier alpha value is -0.120. The molecule has 3 rings (SSSR count). The van der Waals surface area contributed by atoms with Gasteiger partial charge in [-0.2, -0.15) is 0 Å².